The quantitative estimate of drug-likeness (QED) is 0.447. The Morgan fingerprint density at radius 1 is 1.11 bits per heavy atom. The molecule has 0 unspecified atom stereocenters. The number of benzene rings is 2. The van der Waals surface area contributed by atoms with Crippen LogP contribution in [0.1, 0.15) is 30.9 Å². The highest BCUT2D eigenvalue weighted by atomic mass is 32.1. The van der Waals surface area contributed by atoms with E-state index in [-0.39, 0.29) is 0 Å². The molecule has 0 bridgehead atoms. The van der Waals surface area contributed by atoms with Crippen molar-refractivity contribution in [3.05, 3.63) is 71.1 Å². The standard InChI is InChI=1S/C23H26N4S/c1-18-11-13-27(14-12-18)16-20-9-7-19(8-10-20)15-24-26-23-25-22(17-28-23)21-5-3-2-4-6-21/h2-10,15,17-18H,11-14,16H2,1H3,(H,25,26). The van der Waals surface area contributed by atoms with Gasteiger partial charge in [0.15, 0.2) is 0 Å². The molecule has 2 aromatic carbocycles. The van der Waals surface area contributed by atoms with Crippen LogP contribution in [0, 0.1) is 5.92 Å². The molecule has 3 aromatic rings. The number of rotatable bonds is 6. The summed E-state index contributed by atoms with van der Waals surface area (Å²) in [5, 5.41) is 7.18. The first-order chi connectivity index (χ1) is 13.8. The van der Waals surface area contributed by atoms with E-state index in [4.69, 9.17) is 0 Å². The van der Waals surface area contributed by atoms with Gasteiger partial charge >= 0.3 is 0 Å². The van der Waals surface area contributed by atoms with Gasteiger partial charge in [0.1, 0.15) is 0 Å². The van der Waals surface area contributed by atoms with Crippen LogP contribution in [-0.2, 0) is 6.54 Å². The summed E-state index contributed by atoms with van der Waals surface area (Å²) < 4.78 is 0. The van der Waals surface area contributed by atoms with Gasteiger partial charge in [0, 0.05) is 17.5 Å². The van der Waals surface area contributed by atoms with Gasteiger partial charge in [-0.3, -0.25) is 10.3 Å². The van der Waals surface area contributed by atoms with E-state index in [1.54, 1.807) is 11.3 Å². The molecular weight excluding hydrogens is 364 g/mol. The molecule has 0 atom stereocenters. The minimum absolute atomic E-state index is 0.797. The molecule has 1 fully saturated rings. The lowest BCUT2D eigenvalue weighted by Crippen LogP contribution is -2.32. The number of likely N-dealkylation sites (tertiary alicyclic amines) is 1. The summed E-state index contributed by atoms with van der Waals surface area (Å²) in [6.45, 7) is 5.83. The maximum absolute atomic E-state index is 4.58. The van der Waals surface area contributed by atoms with Crippen LogP contribution in [0.25, 0.3) is 11.3 Å². The molecule has 0 aliphatic carbocycles. The van der Waals surface area contributed by atoms with E-state index >= 15 is 0 Å². The predicted octanol–water partition coefficient (Wildman–Crippen LogP) is 5.49. The Kier molecular flexibility index (Phi) is 6.14. The normalized spacial score (nSPS) is 15.9. The Labute approximate surface area is 170 Å². The van der Waals surface area contributed by atoms with Crippen LogP contribution < -0.4 is 5.43 Å². The van der Waals surface area contributed by atoms with E-state index in [2.05, 4.69) is 63.7 Å². The maximum atomic E-state index is 4.58. The molecule has 0 radical (unpaired) electrons. The Morgan fingerprint density at radius 2 is 1.86 bits per heavy atom. The average molecular weight is 391 g/mol. The Bertz CT molecular complexity index is 894. The van der Waals surface area contributed by atoms with E-state index in [9.17, 15) is 0 Å². The molecule has 0 saturated carbocycles. The largest absolute Gasteiger partial charge is 0.299 e. The van der Waals surface area contributed by atoms with Gasteiger partial charge in [-0.1, -0.05) is 61.5 Å². The van der Waals surface area contributed by atoms with Crippen LogP contribution in [0.3, 0.4) is 0 Å². The summed E-state index contributed by atoms with van der Waals surface area (Å²) >= 11 is 1.56. The van der Waals surface area contributed by atoms with E-state index in [0.29, 0.717) is 0 Å². The summed E-state index contributed by atoms with van der Waals surface area (Å²) in [6, 6.07) is 18.9. The van der Waals surface area contributed by atoms with E-state index < -0.39 is 0 Å². The van der Waals surface area contributed by atoms with Crippen LogP contribution in [0.15, 0.2) is 65.1 Å². The van der Waals surface area contributed by atoms with Crippen molar-refractivity contribution in [3.8, 4) is 11.3 Å². The number of nitrogens with one attached hydrogen (secondary N) is 1. The summed E-state index contributed by atoms with van der Waals surface area (Å²) in [5.74, 6) is 0.879. The van der Waals surface area contributed by atoms with E-state index in [1.807, 2.05) is 29.8 Å². The molecule has 1 aliphatic rings. The van der Waals surface area contributed by atoms with Gasteiger partial charge in [-0.25, -0.2) is 4.98 Å². The second-order valence-corrected chi connectivity index (χ2v) is 8.33. The van der Waals surface area contributed by atoms with Crippen LogP contribution in [0.2, 0.25) is 0 Å². The zero-order valence-corrected chi connectivity index (χ0v) is 17.0. The lowest BCUT2D eigenvalue weighted by Gasteiger charge is -2.30. The third-order valence-electron chi connectivity index (χ3n) is 5.21. The van der Waals surface area contributed by atoms with Crippen molar-refractivity contribution in [2.75, 3.05) is 18.5 Å². The topological polar surface area (TPSA) is 40.5 Å². The average Bonchev–Trinajstić information content (AvgIpc) is 3.21. The summed E-state index contributed by atoms with van der Waals surface area (Å²) in [6.07, 6.45) is 4.48. The van der Waals surface area contributed by atoms with Crippen molar-refractivity contribution in [2.24, 2.45) is 11.0 Å². The molecular formula is C23H26N4S. The molecule has 4 rings (SSSR count). The molecule has 4 nitrogen and oxygen atoms in total. The monoisotopic (exact) mass is 390 g/mol. The SMILES string of the molecule is CC1CCN(Cc2ccc(C=NNc3nc(-c4ccccc4)cs3)cc2)CC1. The first-order valence-electron chi connectivity index (χ1n) is 9.87. The second-order valence-electron chi connectivity index (χ2n) is 7.47. The first-order valence-corrected chi connectivity index (χ1v) is 10.8. The third kappa shape index (κ3) is 5.06. The lowest BCUT2D eigenvalue weighted by molar-refractivity contribution is 0.185. The minimum Gasteiger partial charge on any atom is -0.299 e. The molecule has 1 aromatic heterocycles. The van der Waals surface area contributed by atoms with Gasteiger partial charge in [0.2, 0.25) is 5.13 Å². The van der Waals surface area contributed by atoms with Crippen molar-refractivity contribution < 1.29 is 0 Å². The van der Waals surface area contributed by atoms with Crippen molar-refractivity contribution in [1.82, 2.24) is 9.88 Å². The van der Waals surface area contributed by atoms with E-state index in [0.717, 1.165) is 34.4 Å². The fourth-order valence-electron chi connectivity index (χ4n) is 3.42. The van der Waals surface area contributed by atoms with Crippen molar-refractivity contribution in [1.29, 1.82) is 0 Å². The molecule has 1 aliphatic heterocycles. The predicted molar refractivity (Wildman–Crippen MR) is 119 cm³/mol. The van der Waals surface area contributed by atoms with Crippen LogP contribution in [0.4, 0.5) is 5.13 Å². The van der Waals surface area contributed by atoms with Gasteiger partial charge in [0.05, 0.1) is 11.9 Å². The van der Waals surface area contributed by atoms with E-state index in [1.165, 1.54) is 31.5 Å². The summed E-state index contributed by atoms with van der Waals surface area (Å²) in [5.41, 5.74) is 7.58. The zero-order chi connectivity index (χ0) is 19.2. The fraction of sp³-hybridized carbons (Fsp3) is 0.304. The number of anilines is 1. The van der Waals surface area contributed by atoms with Crippen LogP contribution in [0.5, 0.6) is 0 Å². The number of hydrogen-bond acceptors (Lipinski definition) is 5. The lowest BCUT2D eigenvalue weighted by atomic mass is 9.99. The van der Waals surface area contributed by atoms with Gasteiger partial charge < -0.3 is 0 Å². The highest BCUT2D eigenvalue weighted by Gasteiger charge is 2.15. The molecule has 2 heterocycles. The highest BCUT2D eigenvalue weighted by molar-refractivity contribution is 7.14. The van der Waals surface area contributed by atoms with Gasteiger partial charge in [-0.2, -0.15) is 5.10 Å². The van der Waals surface area contributed by atoms with Gasteiger partial charge in [-0.05, 0) is 43.0 Å². The molecule has 0 amide bonds. The Hall–Kier alpha value is -2.50. The Balaban J connectivity index is 1.30. The smallest absolute Gasteiger partial charge is 0.203 e. The van der Waals surface area contributed by atoms with Crippen molar-refractivity contribution >= 4 is 22.7 Å². The second kappa shape index (κ2) is 9.13. The maximum Gasteiger partial charge on any atom is 0.203 e. The van der Waals surface area contributed by atoms with Crippen molar-refractivity contribution in [2.45, 2.75) is 26.3 Å². The fourth-order valence-corrected chi connectivity index (χ4v) is 4.08. The number of hydrazone groups is 1. The highest BCUT2D eigenvalue weighted by Crippen LogP contribution is 2.24. The minimum atomic E-state index is 0.797. The number of hydrogen-bond donors (Lipinski definition) is 1. The third-order valence-corrected chi connectivity index (χ3v) is 5.96. The molecule has 1 N–H and O–H groups in total. The molecule has 0 spiro atoms. The molecule has 5 heteroatoms. The number of nitrogens with zero attached hydrogens (tertiary/aromatic N) is 3. The number of aromatic nitrogens is 1. The molecule has 1 saturated heterocycles. The van der Waals surface area contributed by atoms with Crippen molar-refractivity contribution in [3.63, 3.8) is 0 Å². The summed E-state index contributed by atoms with van der Waals surface area (Å²) in [4.78, 5) is 7.14. The number of thiazole rings is 1. The van der Waals surface area contributed by atoms with Crippen LogP contribution >= 0.6 is 11.3 Å². The molecule has 28 heavy (non-hydrogen) atoms. The van der Waals surface area contributed by atoms with Crippen LogP contribution in [-0.4, -0.2) is 29.2 Å². The first kappa shape index (κ1) is 18.8. The summed E-state index contributed by atoms with van der Waals surface area (Å²) in [7, 11) is 0. The zero-order valence-electron chi connectivity index (χ0n) is 16.2. The Morgan fingerprint density at radius 3 is 2.61 bits per heavy atom. The van der Waals surface area contributed by atoms with Gasteiger partial charge in [0.25, 0.3) is 0 Å². The number of piperidine rings is 1. The van der Waals surface area contributed by atoms with Gasteiger partial charge in [-0.15, -0.1) is 11.3 Å². The molecule has 144 valence electrons.